The second-order valence-electron chi connectivity index (χ2n) is 2.08. The molecular formula is C6H7N5. The van der Waals surface area contributed by atoms with Crippen LogP contribution in [-0.2, 0) is 0 Å². The molecule has 56 valence electrons. The molecule has 2 heterocycles. The highest BCUT2D eigenvalue weighted by Crippen LogP contribution is 2.04. The van der Waals surface area contributed by atoms with Gasteiger partial charge in [-0.05, 0) is 6.07 Å². The second kappa shape index (κ2) is 2.19. The summed E-state index contributed by atoms with van der Waals surface area (Å²) in [6, 6.07) is 1.84. The van der Waals surface area contributed by atoms with Gasteiger partial charge in [0, 0.05) is 13.2 Å². The molecule has 0 radical (unpaired) electrons. The van der Waals surface area contributed by atoms with E-state index >= 15 is 0 Å². The summed E-state index contributed by atoms with van der Waals surface area (Å²) in [6.45, 7) is 0. The lowest BCUT2D eigenvalue weighted by Gasteiger charge is -1.99. The topological polar surface area (TPSA) is 55.1 Å². The van der Waals surface area contributed by atoms with Crippen LogP contribution < -0.4 is 5.32 Å². The van der Waals surface area contributed by atoms with Gasteiger partial charge >= 0.3 is 0 Å². The van der Waals surface area contributed by atoms with Crippen molar-refractivity contribution >= 4 is 11.5 Å². The minimum absolute atomic E-state index is 0.747. The van der Waals surface area contributed by atoms with Gasteiger partial charge in [0.2, 0.25) is 0 Å². The Kier molecular flexibility index (Phi) is 1.21. The highest BCUT2D eigenvalue weighted by molar-refractivity contribution is 5.44. The minimum Gasteiger partial charge on any atom is -0.373 e. The lowest BCUT2D eigenvalue weighted by Crippen LogP contribution is -1.99. The van der Waals surface area contributed by atoms with Crippen molar-refractivity contribution in [1.29, 1.82) is 0 Å². The van der Waals surface area contributed by atoms with Gasteiger partial charge in [0.25, 0.3) is 0 Å². The van der Waals surface area contributed by atoms with Crippen LogP contribution in [-0.4, -0.2) is 26.9 Å². The summed E-state index contributed by atoms with van der Waals surface area (Å²) in [7, 11) is 1.83. The molecule has 1 N–H and O–H groups in total. The third-order valence-electron chi connectivity index (χ3n) is 1.45. The number of fused-ring (bicyclic) bond motifs is 1. The fourth-order valence-corrected chi connectivity index (χ4v) is 0.933. The average molecular weight is 149 g/mol. The largest absolute Gasteiger partial charge is 0.373 e. The molecule has 2 aromatic rings. The van der Waals surface area contributed by atoms with Gasteiger partial charge < -0.3 is 5.32 Å². The third-order valence-corrected chi connectivity index (χ3v) is 1.45. The molecule has 0 aromatic carbocycles. The van der Waals surface area contributed by atoms with Gasteiger partial charge in [-0.3, -0.25) is 0 Å². The zero-order valence-corrected chi connectivity index (χ0v) is 6.02. The molecule has 11 heavy (non-hydrogen) atoms. The molecule has 0 amide bonds. The van der Waals surface area contributed by atoms with Crippen LogP contribution in [0.3, 0.4) is 0 Å². The summed E-state index contributed by atoms with van der Waals surface area (Å²) >= 11 is 0. The Balaban J connectivity index is 2.79. The molecule has 0 atom stereocenters. The molecule has 5 heteroatoms. The van der Waals surface area contributed by atoms with Crippen LogP contribution in [0.15, 0.2) is 18.5 Å². The SMILES string of the molecule is CNc1ccnc2cnnn12. The molecule has 0 aliphatic heterocycles. The van der Waals surface area contributed by atoms with Gasteiger partial charge in [-0.15, -0.1) is 5.10 Å². The van der Waals surface area contributed by atoms with Crippen LogP contribution in [0.2, 0.25) is 0 Å². The van der Waals surface area contributed by atoms with Gasteiger partial charge in [-0.25, -0.2) is 4.98 Å². The maximum Gasteiger partial charge on any atom is 0.177 e. The van der Waals surface area contributed by atoms with Gasteiger partial charge in [0.05, 0.1) is 6.20 Å². The molecule has 0 fully saturated rings. The minimum atomic E-state index is 0.747. The zero-order chi connectivity index (χ0) is 7.68. The van der Waals surface area contributed by atoms with Crippen molar-refractivity contribution in [2.24, 2.45) is 0 Å². The third kappa shape index (κ3) is 0.813. The van der Waals surface area contributed by atoms with Crippen molar-refractivity contribution < 1.29 is 0 Å². The first kappa shape index (κ1) is 6.09. The van der Waals surface area contributed by atoms with Crippen LogP contribution in [0.1, 0.15) is 0 Å². The fraction of sp³-hybridized carbons (Fsp3) is 0.167. The highest BCUT2D eigenvalue weighted by Gasteiger charge is 1.98. The van der Waals surface area contributed by atoms with Crippen molar-refractivity contribution in [3.63, 3.8) is 0 Å². The molecule has 5 nitrogen and oxygen atoms in total. The monoisotopic (exact) mass is 149 g/mol. The summed E-state index contributed by atoms with van der Waals surface area (Å²) in [5.41, 5.74) is 0.747. The lowest BCUT2D eigenvalue weighted by atomic mass is 10.6. The molecule has 0 bridgehead atoms. The van der Waals surface area contributed by atoms with Crippen LogP contribution >= 0.6 is 0 Å². The molecule has 0 saturated heterocycles. The van der Waals surface area contributed by atoms with Crippen molar-refractivity contribution in [2.75, 3.05) is 12.4 Å². The van der Waals surface area contributed by atoms with Crippen molar-refractivity contribution in [2.45, 2.75) is 0 Å². The van der Waals surface area contributed by atoms with Gasteiger partial charge in [0.15, 0.2) is 5.65 Å². The molecule has 0 aliphatic carbocycles. The van der Waals surface area contributed by atoms with E-state index in [1.165, 1.54) is 0 Å². The molecule has 0 unspecified atom stereocenters. The Morgan fingerprint density at radius 2 is 2.45 bits per heavy atom. The molecule has 2 rings (SSSR count). The number of anilines is 1. The lowest BCUT2D eigenvalue weighted by molar-refractivity contribution is 0.851. The Labute approximate surface area is 63.1 Å². The van der Waals surface area contributed by atoms with E-state index in [0.717, 1.165) is 11.5 Å². The van der Waals surface area contributed by atoms with Crippen molar-refractivity contribution in [3.8, 4) is 0 Å². The Morgan fingerprint density at radius 1 is 1.55 bits per heavy atom. The maximum atomic E-state index is 4.05. The summed E-state index contributed by atoms with van der Waals surface area (Å²) in [5.74, 6) is 0.882. The average Bonchev–Trinajstić information content (AvgIpc) is 2.50. The molecule has 0 saturated carbocycles. The van der Waals surface area contributed by atoms with Crippen LogP contribution in [0.4, 0.5) is 5.82 Å². The van der Waals surface area contributed by atoms with E-state index in [9.17, 15) is 0 Å². The summed E-state index contributed by atoms with van der Waals surface area (Å²) in [6.07, 6.45) is 3.32. The fourth-order valence-electron chi connectivity index (χ4n) is 0.933. The first-order valence-corrected chi connectivity index (χ1v) is 3.25. The number of rotatable bonds is 1. The molecule has 0 aliphatic rings. The van der Waals surface area contributed by atoms with E-state index in [4.69, 9.17) is 0 Å². The summed E-state index contributed by atoms with van der Waals surface area (Å²) in [5, 5.41) is 10.5. The van der Waals surface area contributed by atoms with Gasteiger partial charge in [-0.2, -0.15) is 4.52 Å². The molecular weight excluding hydrogens is 142 g/mol. The molecule has 0 spiro atoms. The smallest absolute Gasteiger partial charge is 0.177 e. The standard InChI is InChI=1S/C6H7N5/c1-7-5-2-3-8-6-4-9-10-11(5)6/h2-4,7H,1H3. The van der Waals surface area contributed by atoms with Crippen LogP contribution in [0.25, 0.3) is 5.65 Å². The van der Waals surface area contributed by atoms with Crippen LogP contribution in [0.5, 0.6) is 0 Å². The predicted molar refractivity (Wildman–Crippen MR) is 40.3 cm³/mol. The van der Waals surface area contributed by atoms with E-state index in [0.29, 0.717) is 0 Å². The quantitative estimate of drug-likeness (QED) is 0.627. The van der Waals surface area contributed by atoms with E-state index in [-0.39, 0.29) is 0 Å². The van der Waals surface area contributed by atoms with Crippen LogP contribution in [0, 0.1) is 0 Å². The zero-order valence-electron chi connectivity index (χ0n) is 6.02. The van der Waals surface area contributed by atoms with E-state index in [1.54, 1.807) is 16.9 Å². The Hall–Kier alpha value is -1.65. The number of aromatic nitrogens is 4. The van der Waals surface area contributed by atoms with Crippen molar-refractivity contribution in [1.82, 2.24) is 19.8 Å². The Bertz CT molecular complexity index is 366. The summed E-state index contributed by atoms with van der Waals surface area (Å²) in [4.78, 5) is 4.05. The summed E-state index contributed by atoms with van der Waals surface area (Å²) < 4.78 is 1.64. The number of nitrogens with zero attached hydrogens (tertiary/aromatic N) is 4. The van der Waals surface area contributed by atoms with E-state index in [1.807, 2.05) is 13.1 Å². The normalized spacial score (nSPS) is 10.3. The molecule has 2 aromatic heterocycles. The van der Waals surface area contributed by atoms with E-state index in [2.05, 4.69) is 20.6 Å². The first-order valence-electron chi connectivity index (χ1n) is 3.25. The maximum absolute atomic E-state index is 4.05. The predicted octanol–water partition coefficient (Wildman–Crippen LogP) is 0.166. The Morgan fingerprint density at radius 3 is 3.27 bits per heavy atom. The number of nitrogens with one attached hydrogen (secondary N) is 1. The van der Waals surface area contributed by atoms with E-state index < -0.39 is 0 Å². The van der Waals surface area contributed by atoms with Gasteiger partial charge in [-0.1, -0.05) is 5.21 Å². The second-order valence-corrected chi connectivity index (χ2v) is 2.08. The van der Waals surface area contributed by atoms with Gasteiger partial charge in [0.1, 0.15) is 5.82 Å². The number of hydrogen-bond acceptors (Lipinski definition) is 4. The number of hydrogen-bond donors (Lipinski definition) is 1. The van der Waals surface area contributed by atoms with Crippen molar-refractivity contribution in [3.05, 3.63) is 18.5 Å². The highest BCUT2D eigenvalue weighted by atomic mass is 15.4. The first-order chi connectivity index (χ1) is 5.42.